The van der Waals surface area contributed by atoms with Gasteiger partial charge in [-0.1, -0.05) is 39.0 Å². The summed E-state index contributed by atoms with van der Waals surface area (Å²) in [6, 6.07) is 5.46. The first-order valence-electron chi connectivity index (χ1n) is 8.62. The van der Waals surface area contributed by atoms with Crippen LogP contribution in [0.2, 0.25) is 0 Å². The molecule has 1 aromatic heterocycles. The smallest absolute Gasteiger partial charge is 0.296 e. The minimum absolute atomic E-state index is 0.204. The largest absolute Gasteiger partial charge is 0.500 e. The molecule has 24 heavy (non-hydrogen) atoms. The average Bonchev–Trinajstić information content (AvgIpc) is 2.60. The maximum Gasteiger partial charge on any atom is 0.296 e. The standard InChI is InChI=1S/C19H27NO4/c1-4-5-6-7-8-9-12-24-14-10-11-15-16(13-14)20(2)19(22)17(21)18(15)23-3/h10-11,13,21H,4-9,12H2,1-3H3. The molecule has 2 rings (SSSR count). The average molecular weight is 333 g/mol. The van der Waals surface area contributed by atoms with Gasteiger partial charge in [0, 0.05) is 18.5 Å². The van der Waals surface area contributed by atoms with Crippen LogP contribution in [-0.4, -0.2) is 23.4 Å². The highest BCUT2D eigenvalue weighted by molar-refractivity contribution is 5.88. The molecule has 0 amide bonds. The van der Waals surface area contributed by atoms with Gasteiger partial charge in [0.25, 0.3) is 5.56 Å². The Morgan fingerprint density at radius 2 is 1.83 bits per heavy atom. The number of pyridine rings is 1. The second kappa shape index (κ2) is 8.62. The third-order valence-electron chi connectivity index (χ3n) is 4.27. The van der Waals surface area contributed by atoms with Crippen molar-refractivity contribution in [3.05, 3.63) is 28.6 Å². The molecule has 0 aliphatic heterocycles. The van der Waals surface area contributed by atoms with Crippen LogP contribution in [0.4, 0.5) is 0 Å². The lowest BCUT2D eigenvalue weighted by Gasteiger charge is -2.13. The van der Waals surface area contributed by atoms with Crippen LogP contribution >= 0.6 is 0 Å². The molecular formula is C19H27NO4. The second-order valence-electron chi connectivity index (χ2n) is 6.04. The van der Waals surface area contributed by atoms with Gasteiger partial charge in [0.05, 0.1) is 19.2 Å². The van der Waals surface area contributed by atoms with E-state index in [1.54, 1.807) is 7.05 Å². The number of benzene rings is 1. The fraction of sp³-hybridized carbons (Fsp3) is 0.526. The number of hydrogen-bond acceptors (Lipinski definition) is 4. The molecule has 0 spiro atoms. The Morgan fingerprint density at radius 3 is 2.54 bits per heavy atom. The van der Waals surface area contributed by atoms with E-state index in [4.69, 9.17) is 9.47 Å². The molecule has 0 unspecified atom stereocenters. The highest BCUT2D eigenvalue weighted by Crippen LogP contribution is 2.33. The Labute approximate surface area is 142 Å². The van der Waals surface area contributed by atoms with E-state index in [2.05, 4.69) is 6.92 Å². The molecule has 1 aromatic carbocycles. The zero-order valence-corrected chi connectivity index (χ0v) is 14.8. The number of fused-ring (bicyclic) bond motifs is 1. The molecule has 0 atom stereocenters. The normalized spacial score (nSPS) is 11.0. The van der Waals surface area contributed by atoms with Gasteiger partial charge < -0.3 is 19.1 Å². The van der Waals surface area contributed by atoms with Gasteiger partial charge in [0.1, 0.15) is 5.75 Å². The highest BCUT2D eigenvalue weighted by Gasteiger charge is 2.15. The van der Waals surface area contributed by atoms with Crippen molar-refractivity contribution < 1.29 is 14.6 Å². The lowest BCUT2D eigenvalue weighted by atomic mass is 10.1. The Balaban J connectivity index is 2.07. The SMILES string of the molecule is CCCCCCCCOc1ccc2c(OC)c(O)c(=O)n(C)c2c1. The van der Waals surface area contributed by atoms with Crippen molar-refractivity contribution in [3.63, 3.8) is 0 Å². The highest BCUT2D eigenvalue weighted by atomic mass is 16.5. The number of hydrogen-bond donors (Lipinski definition) is 1. The monoisotopic (exact) mass is 333 g/mol. The zero-order chi connectivity index (χ0) is 17.5. The summed E-state index contributed by atoms with van der Waals surface area (Å²) in [5, 5.41) is 10.6. The maximum absolute atomic E-state index is 12.1. The number of aromatic nitrogens is 1. The fourth-order valence-corrected chi connectivity index (χ4v) is 2.84. The van der Waals surface area contributed by atoms with Gasteiger partial charge in [0.15, 0.2) is 5.75 Å². The number of unbranched alkanes of at least 4 members (excludes halogenated alkanes) is 5. The summed E-state index contributed by atoms with van der Waals surface area (Å²) in [6.07, 6.45) is 7.30. The van der Waals surface area contributed by atoms with Gasteiger partial charge >= 0.3 is 0 Å². The van der Waals surface area contributed by atoms with E-state index in [0.717, 1.165) is 12.2 Å². The number of aromatic hydroxyl groups is 1. The van der Waals surface area contributed by atoms with Crippen LogP contribution in [0.5, 0.6) is 17.2 Å². The molecule has 2 aromatic rings. The Bertz CT molecular complexity index is 736. The topological polar surface area (TPSA) is 60.7 Å². The van der Waals surface area contributed by atoms with Crippen LogP contribution in [0.15, 0.2) is 23.0 Å². The first-order valence-corrected chi connectivity index (χ1v) is 8.62. The van der Waals surface area contributed by atoms with Crippen molar-refractivity contribution in [2.45, 2.75) is 45.4 Å². The second-order valence-corrected chi connectivity index (χ2v) is 6.04. The van der Waals surface area contributed by atoms with Gasteiger partial charge in [-0.25, -0.2) is 0 Å². The number of aryl methyl sites for hydroxylation is 1. The minimum Gasteiger partial charge on any atom is -0.500 e. The maximum atomic E-state index is 12.1. The van der Waals surface area contributed by atoms with Gasteiger partial charge in [-0.2, -0.15) is 0 Å². The van der Waals surface area contributed by atoms with Crippen LogP contribution in [-0.2, 0) is 7.05 Å². The Kier molecular flexibility index (Phi) is 6.53. The number of rotatable bonds is 9. The van der Waals surface area contributed by atoms with E-state index in [1.807, 2.05) is 18.2 Å². The van der Waals surface area contributed by atoms with E-state index >= 15 is 0 Å². The predicted molar refractivity (Wildman–Crippen MR) is 96.3 cm³/mol. The third-order valence-corrected chi connectivity index (χ3v) is 4.27. The Hall–Kier alpha value is -2.17. The summed E-state index contributed by atoms with van der Waals surface area (Å²) in [5.41, 5.74) is 0.197. The molecule has 132 valence electrons. The first-order chi connectivity index (χ1) is 11.6. The third kappa shape index (κ3) is 4.02. The van der Waals surface area contributed by atoms with Crippen molar-refractivity contribution in [1.29, 1.82) is 0 Å². The van der Waals surface area contributed by atoms with E-state index in [0.29, 0.717) is 17.5 Å². The number of nitrogens with zero attached hydrogens (tertiary/aromatic N) is 1. The van der Waals surface area contributed by atoms with Crippen molar-refractivity contribution in [2.75, 3.05) is 13.7 Å². The lowest BCUT2D eigenvalue weighted by Crippen LogP contribution is -2.17. The van der Waals surface area contributed by atoms with Gasteiger partial charge in [0.2, 0.25) is 5.75 Å². The van der Waals surface area contributed by atoms with Crippen molar-refractivity contribution in [1.82, 2.24) is 4.57 Å². The molecule has 1 heterocycles. The van der Waals surface area contributed by atoms with Crippen LogP contribution in [0.1, 0.15) is 45.4 Å². The molecule has 0 fully saturated rings. The van der Waals surface area contributed by atoms with Crippen molar-refractivity contribution in [2.24, 2.45) is 7.05 Å². The summed E-state index contributed by atoms with van der Waals surface area (Å²) in [4.78, 5) is 12.1. The lowest BCUT2D eigenvalue weighted by molar-refractivity contribution is 0.304. The minimum atomic E-state index is -0.479. The fourth-order valence-electron chi connectivity index (χ4n) is 2.84. The number of ether oxygens (including phenoxy) is 2. The van der Waals surface area contributed by atoms with E-state index < -0.39 is 5.56 Å². The number of methoxy groups -OCH3 is 1. The van der Waals surface area contributed by atoms with Crippen molar-refractivity contribution in [3.8, 4) is 17.2 Å². The molecule has 0 aliphatic carbocycles. The molecule has 0 bridgehead atoms. The molecular weight excluding hydrogens is 306 g/mol. The molecule has 0 saturated carbocycles. The predicted octanol–water partition coefficient (Wildman–Crippen LogP) is 3.99. The van der Waals surface area contributed by atoms with E-state index in [-0.39, 0.29) is 11.5 Å². The summed E-state index contributed by atoms with van der Waals surface area (Å²) in [7, 11) is 3.07. The van der Waals surface area contributed by atoms with Gasteiger partial charge in [-0.3, -0.25) is 4.79 Å². The molecule has 0 radical (unpaired) electrons. The van der Waals surface area contributed by atoms with Gasteiger partial charge in [-0.05, 0) is 18.6 Å². The van der Waals surface area contributed by atoms with Crippen LogP contribution in [0.3, 0.4) is 0 Å². The summed E-state index contributed by atoms with van der Waals surface area (Å²) < 4.78 is 12.4. The summed E-state index contributed by atoms with van der Waals surface area (Å²) in [5.74, 6) is 0.558. The molecule has 5 nitrogen and oxygen atoms in total. The molecule has 0 saturated heterocycles. The van der Waals surface area contributed by atoms with Crippen LogP contribution in [0.25, 0.3) is 10.9 Å². The Morgan fingerprint density at radius 1 is 1.12 bits per heavy atom. The summed E-state index contributed by atoms with van der Waals surface area (Å²) in [6.45, 7) is 2.88. The van der Waals surface area contributed by atoms with Gasteiger partial charge in [-0.15, -0.1) is 0 Å². The molecule has 0 aliphatic rings. The quantitative estimate of drug-likeness (QED) is 0.705. The molecule has 5 heteroatoms. The first kappa shape index (κ1) is 18.2. The summed E-state index contributed by atoms with van der Waals surface area (Å²) >= 11 is 0. The van der Waals surface area contributed by atoms with E-state index in [1.165, 1.54) is 43.8 Å². The zero-order valence-electron chi connectivity index (χ0n) is 14.8. The van der Waals surface area contributed by atoms with E-state index in [9.17, 15) is 9.90 Å². The van der Waals surface area contributed by atoms with Crippen LogP contribution in [0, 0.1) is 0 Å². The van der Waals surface area contributed by atoms with Crippen molar-refractivity contribution >= 4 is 10.9 Å². The van der Waals surface area contributed by atoms with Crippen LogP contribution < -0.4 is 15.0 Å². The molecule has 1 N–H and O–H groups in total.